The summed E-state index contributed by atoms with van der Waals surface area (Å²) >= 11 is 3.08. The molecule has 0 aliphatic rings. The van der Waals surface area contributed by atoms with Crippen molar-refractivity contribution in [1.29, 1.82) is 0 Å². The fraction of sp³-hybridized carbons (Fsp3) is 0.364. The van der Waals surface area contributed by atoms with E-state index in [-0.39, 0.29) is 16.4 Å². The van der Waals surface area contributed by atoms with Gasteiger partial charge in [0.1, 0.15) is 0 Å². The van der Waals surface area contributed by atoms with Crippen molar-refractivity contribution in [3.8, 4) is 0 Å². The second-order valence-electron chi connectivity index (χ2n) is 3.79. The van der Waals surface area contributed by atoms with Crippen molar-refractivity contribution in [3.05, 3.63) is 28.2 Å². The molecule has 1 aromatic rings. The van der Waals surface area contributed by atoms with Crippen LogP contribution < -0.4 is 10.5 Å². The molecule has 0 radical (unpaired) electrons. The van der Waals surface area contributed by atoms with E-state index in [1.165, 1.54) is 18.2 Å². The van der Waals surface area contributed by atoms with Gasteiger partial charge in [-0.1, -0.05) is 0 Å². The van der Waals surface area contributed by atoms with Crippen molar-refractivity contribution in [2.45, 2.75) is 11.3 Å². The van der Waals surface area contributed by atoms with Crippen molar-refractivity contribution in [2.75, 3.05) is 20.3 Å². The van der Waals surface area contributed by atoms with Crippen LogP contribution in [0, 0.1) is 0 Å². The lowest BCUT2D eigenvalue weighted by Crippen LogP contribution is -2.25. The molecule has 0 aliphatic carbocycles. The third kappa shape index (κ3) is 4.90. The molecule has 1 aromatic carbocycles. The van der Waals surface area contributed by atoms with Gasteiger partial charge in [-0.05, 0) is 40.5 Å². The smallest absolute Gasteiger partial charge is 0.251 e. The van der Waals surface area contributed by atoms with Crippen LogP contribution in [0.25, 0.3) is 0 Å². The summed E-state index contributed by atoms with van der Waals surface area (Å²) < 4.78 is 27.8. The first-order valence-corrected chi connectivity index (χ1v) is 7.79. The Morgan fingerprint density at radius 2 is 2.16 bits per heavy atom. The van der Waals surface area contributed by atoms with Crippen LogP contribution in [-0.4, -0.2) is 34.6 Å². The maximum atomic E-state index is 11.8. The fourth-order valence-electron chi connectivity index (χ4n) is 1.38. The van der Waals surface area contributed by atoms with Crippen LogP contribution in [0.3, 0.4) is 0 Å². The van der Waals surface area contributed by atoms with E-state index in [2.05, 4.69) is 21.2 Å². The first-order chi connectivity index (χ1) is 8.86. The van der Waals surface area contributed by atoms with Crippen LogP contribution in [0.1, 0.15) is 16.8 Å². The summed E-state index contributed by atoms with van der Waals surface area (Å²) in [5, 5.41) is 7.72. The van der Waals surface area contributed by atoms with Crippen LogP contribution in [0.2, 0.25) is 0 Å². The number of nitrogens with two attached hydrogens (primary N) is 1. The molecule has 6 nitrogen and oxygen atoms in total. The predicted molar refractivity (Wildman–Crippen MR) is 74.3 cm³/mol. The summed E-state index contributed by atoms with van der Waals surface area (Å²) in [6.45, 7) is 0.997. The lowest BCUT2D eigenvalue weighted by Gasteiger charge is -2.07. The number of nitrogens with one attached hydrogen (secondary N) is 1. The Balaban J connectivity index is 2.82. The number of benzene rings is 1. The number of hydrogen-bond donors (Lipinski definition) is 2. The van der Waals surface area contributed by atoms with Crippen molar-refractivity contribution >= 4 is 31.9 Å². The number of halogens is 1. The van der Waals surface area contributed by atoms with E-state index < -0.39 is 10.0 Å². The minimum Gasteiger partial charge on any atom is -0.385 e. The highest BCUT2D eigenvalue weighted by atomic mass is 79.9. The van der Waals surface area contributed by atoms with E-state index in [1.54, 1.807) is 7.11 Å². The second kappa shape index (κ2) is 6.99. The highest BCUT2D eigenvalue weighted by Gasteiger charge is 2.15. The Kier molecular flexibility index (Phi) is 5.92. The molecule has 0 saturated heterocycles. The van der Waals surface area contributed by atoms with Gasteiger partial charge in [-0.15, -0.1) is 0 Å². The molecule has 3 N–H and O–H groups in total. The zero-order valence-corrected chi connectivity index (χ0v) is 12.8. The lowest BCUT2D eigenvalue weighted by molar-refractivity contribution is 0.0948. The number of carbonyl (C=O) groups excluding carboxylic acids is 1. The highest BCUT2D eigenvalue weighted by molar-refractivity contribution is 9.10. The van der Waals surface area contributed by atoms with Crippen LogP contribution >= 0.6 is 15.9 Å². The molecule has 0 spiro atoms. The van der Waals surface area contributed by atoms with Gasteiger partial charge in [0.15, 0.2) is 0 Å². The van der Waals surface area contributed by atoms with Crippen LogP contribution in [0.5, 0.6) is 0 Å². The highest BCUT2D eigenvalue weighted by Crippen LogP contribution is 2.21. The van der Waals surface area contributed by atoms with Gasteiger partial charge < -0.3 is 10.1 Å². The standard InChI is InChI=1S/C11H15BrN2O4S/c1-18-6-2-5-14-11(15)8-3-4-9(12)10(7-8)19(13,16)17/h3-4,7H,2,5-6H2,1H3,(H,14,15)(H2,13,16,17). The normalized spacial score (nSPS) is 11.3. The van der Waals surface area contributed by atoms with Gasteiger partial charge in [0.2, 0.25) is 10.0 Å². The lowest BCUT2D eigenvalue weighted by atomic mass is 10.2. The molecule has 0 aliphatic heterocycles. The molecule has 0 bridgehead atoms. The Labute approximate surface area is 120 Å². The zero-order chi connectivity index (χ0) is 14.5. The molecule has 0 atom stereocenters. The van der Waals surface area contributed by atoms with E-state index >= 15 is 0 Å². The molecule has 1 rings (SSSR count). The number of amides is 1. The number of rotatable bonds is 6. The SMILES string of the molecule is COCCCNC(=O)c1ccc(Br)c(S(N)(=O)=O)c1. The summed E-state index contributed by atoms with van der Waals surface area (Å²) in [6, 6.07) is 4.24. The largest absolute Gasteiger partial charge is 0.385 e. The molecule has 106 valence electrons. The molecule has 0 unspecified atom stereocenters. The van der Waals surface area contributed by atoms with Gasteiger partial charge in [-0.25, -0.2) is 13.6 Å². The third-order valence-corrected chi connectivity index (χ3v) is 4.22. The van der Waals surface area contributed by atoms with Gasteiger partial charge in [-0.3, -0.25) is 4.79 Å². The average molecular weight is 351 g/mol. The van der Waals surface area contributed by atoms with Gasteiger partial charge in [-0.2, -0.15) is 0 Å². The second-order valence-corrected chi connectivity index (χ2v) is 6.18. The Bertz CT molecular complexity index is 560. The molecule has 19 heavy (non-hydrogen) atoms. The number of methoxy groups -OCH3 is 1. The van der Waals surface area contributed by atoms with Gasteiger partial charge >= 0.3 is 0 Å². The minimum absolute atomic E-state index is 0.114. The first kappa shape index (κ1) is 16.1. The molecule has 1 amide bonds. The van der Waals surface area contributed by atoms with E-state index in [0.717, 1.165) is 0 Å². The van der Waals surface area contributed by atoms with Crippen LogP contribution in [0.15, 0.2) is 27.6 Å². The first-order valence-electron chi connectivity index (χ1n) is 5.45. The minimum atomic E-state index is -3.87. The van der Waals surface area contributed by atoms with Crippen LogP contribution in [0.4, 0.5) is 0 Å². The monoisotopic (exact) mass is 350 g/mol. The molecule has 0 fully saturated rings. The van der Waals surface area contributed by atoms with E-state index in [4.69, 9.17) is 9.88 Å². The summed E-state index contributed by atoms with van der Waals surface area (Å²) in [6.07, 6.45) is 0.681. The maximum absolute atomic E-state index is 11.8. The molecule has 0 heterocycles. The van der Waals surface area contributed by atoms with Gasteiger partial charge in [0, 0.05) is 30.3 Å². The maximum Gasteiger partial charge on any atom is 0.251 e. The predicted octanol–water partition coefficient (Wildman–Crippen LogP) is 0.863. The number of ether oxygens (including phenoxy) is 1. The summed E-state index contributed by atoms with van der Waals surface area (Å²) in [5.74, 6) is -0.353. The molecular weight excluding hydrogens is 336 g/mol. The van der Waals surface area contributed by atoms with Gasteiger partial charge in [0.25, 0.3) is 5.91 Å². The molecule has 0 saturated carbocycles. The third-order valence-electron chi connectivity index (χ3n) is 2.31. The van der Waals surface area contributed by atoms with Gasteiger partial charge in [0.05, 0.1) is 4.90 Å². The van der Waals surface area contributed by atoms with E-state index in [9.17, 15) is 13.2 Å². The Morgan fingerprint density at radius 1 is 1.47 bits per heavy atom. The van der Waals surface area contributed by atoms with Crippen molar-refractivity contribution in [1.82, 2.24) is 5.32 Å². The van der Waals surface area contributed by atoms with Crippen molar-refractivity contribution in [2.24, 2.45) is 5.14 Å². The van der Waals surface area contributed by atoms with Crippen LogP contribution in [-0.2, 0) is 14.8 Å². The van der Waals surface area contributed by atoms with Crippen molar-refractivity contribution < 1.29 is 17.9 Å². The quantitative estimate of drug-likeness (QED) is 0.743. The summed E-state index contributed by atoms with van der Waals surface area (Å²) in [5.41, 5.74) is 0.240. The zero-order valence-electron chi connectivity index (χ0n) is 10.3. The topological polar surface area (TPSA) is 98.5 Å². The Morgan fingerprint density at radius 3 is 2.74 bits per heavy atom. The molecule has 0 aromatic heterocycles. The van der Waals surface area contributed by atoms with E-state index in [0.29, 0.717) is 24.0 Å². The summed E-state index contributed by atoms with van der Waals surface area (Å²) in [4.78, 5) is 11.7. The fourth-order valence-corrected chi connectivity index (χ4v) is 2.94. The molecular formula is C11H15BrN2O4S. The number of primary sulfonamides is 1. The average Bonchev–Trinajstić information content (AvgIpc) is 2.33. The van der Waals surface area contributed by atoms with E-state index in [1.807, 2.05) is 0 Å². The summed E-state index contributed by atoms with van der Waals surface area (Å²) in [7, 11) is -2.29. The number of carbonyl (C=O) groups is 1. The number of sulfonamides is 1. The number of hydrogen-bond acceptors (Lipinski definition) is 4. The Hall–Kier alpha value is -0.960. The van der Waals surface area contributed by atoms with Crippen molar-refractivity contribution in [3.63, 3.8) is 0 Å². The molecule has 8 heteroatoms.